The third-order valence-electron chi connectivity index (χ3n) is 7.40. The molecule has 7 heteroatoms. The molecule has 5 aromatic rings. The van der Waals surface area contributed by atoms with Gasteiger partial charge in [0.1, 0.15) is 48.2 Å². The molecule has 0 radical (unpaired) electrons. The lowest BCUT2D eigenvalue weighted by atomic mass is 10.0. The number of fused-ring (bicyclic) bond motifs is 2. The van der Waals surface area contributed by atoms with Crippen LogP contribution in [0.25, 0.3) is 21.5 Å². The van der Waals surface area contributed by atoms with E-state index in [1.165, 1.54) is 0 Å². The Morgan fingerprint density at radius 2 is 1.02 bits per heavy atom. The van der Waals surface area contributed by atoms with Crippen molar-refractivity contribution in [1.82, 2.24) is 4.98 Å². The summed E-state index contributed by atoms with van der Waals surface area (Å²) in [5.74, 6) is 2.75. The highest BCUT2D eigenvalue weighted by Gasteiger charge is 2.26. The second-order valence-electron chi connectivity index (χ2n) is 9.88. The van der Waals surface area contributed by atoms with Crippen LogP contribution in [0.5, 0.6) is 11.5 Å². The van der Waals surface area contributed by atoms with Crippen molar-refractivity contribution >= 4 is 33.3 Å². The summed E-state index contributed by atoms with van der Waals surface area (Å²) in [6, 6.07) is 30.4. The molecule has 0 N–H and O–H groups in total. The Morgan fingerprint density at radius 1 is 0.575 bits per heavy atom. The maximum absolute atomic E-state index is 6.00. The smallest absolute Gasteiger partial charge is 0.236 e. The molecule has 3 heterocycles. The van der Waals surface area contributed by atoms with Crippen LogP contribution in [0.4, 0.5) is 0 Å². The molecule has 1 aromatic heterocycles. The molecule has 0 bridgehead atoms. The van der Waals surface area contributed by atoms with Crippen LogP contribution in [0.15, 0.2) is 101 Å². The number of hydrogen-bond donors (Lipinski definition) is 0. The minimum absolute atomic E-state index is 0.0933. The number of ether oxygens (including phenoxy) is 4. The number of nitrogens with zero attached hydrogens (tertiary/aromatic N) is 3. The third kappa shape index (κ3) is 4.49. The van der Waals surface area contributed by atoms with Crippen molar-refractivity contribution in [2.75, 3.05) is 27.4 Å². The highest BCUT2D eigenvalue weighted by Crippen LogP contribution is 2.31. The highest BCUT2D eigenvalue weighted by molar-refractivity contribution is 5.97. The van der Waals surface area contributed by atoms with Crippen LogP contribution >= 0.6 is 0 Å². The molecule has 0 spiro atoms. The van der Waals surface area contributed by atoms with Crippen molar-refractivity contribution in [3.8, 4) is 11.5 Å². The van der Waals surface area contributed by atoms with Crippen molar-refractivity contribution in [2.45, 2.75) is 12.1 Å². The standard InChI is InChI=1S/C33H27N3O4/c1-37-26-12-10-20-14-24(8-6-22(20)16-26)30-18-39-32(35-30)28-4-3-5-29(34-28)33-36-31(19-40-33)25-9-7-23-17-27(38-2)13-11-21(23)15-25/h3-17,30-31H,18-19H2,1-2H3/t30-,31-/m1/s1. The summed E-state index contributed by atoms with van der Waals surface area (Å²) in [4.78, 5) is 14.5. The molecule has 0 unspecified atom stereocenters. The highest BCUT2D eigenvalue weighted by atomic mass is 16.5. The molecule has 2 aliphatic rings. The third-order valence-corrected chi connectivity index (χ3v) is 7.40. The minimum Gasteiger partial charge on any atom is -0.497 e. The summed E-state index contributed by atoms with van der Waals surface area (Å²) in [5.41, 5.74) is 3.54. The Kier molecular flexibility index (Phi) is 6.04. The number of pyridine rings is 1. The molecule has 0 fully saturated rings. The van der Waals surface area contributed by atoms with Gasteiger partial charge in [0, 0.05) is 0 Å². The topological polar surface area (TPSA) is 74.5 Å². The molecule has 7 nitrogen and oxygen atoms in total. The van der Waals surface area contributed by atoms with Gasteiger partial charge in [-0.1, -0.05) is 42.5 Å². The van der Waals surface area contributed by atoms with E-state index in [2.05, 4.69) is 48.5 Å². The van der Waals surface area contributed by atoms with E-state index in [9.17, 15) is 0 Å². The summed E-state index contributed by atoms with van der Waals surface area (Å²) >= 11 is 0. The van der Waals surface area contributed by atoms with E-state index in [0.29, 0.717) is 36.4 Å². The molecule has 4 aromatic carbocycles. The van der Waals surface area contributed by atoms with E-state index in [4.69, 9.17) is 33.9 Å². The Labute approximate surface area is 231 Å². The van der Waals surface area contributed by atoms with Crippen LogP contribution in [0.1, 0.15) is 34.6 Å². The first-order chi connectivity index (χ1) is 19.7. The molecular weight excluding hydrogens is 502 g/mol. The lowest BCUT2D eigenvalue weighted by molar-refractivity contribution is 0.317. The van der Waals surface area contributed by atoms with E-state index in [1.807, 2.05) is 42.5 Å². The van der Waals surface area contributed by atoms with Gasteiger partial charge in [-0.3, -0.25) is 0 Å². The van der Waals surface area contributed by atoms with Crippen molar-refractivity contribution in [2.24, 2.45) is 9.98 Å². The minimum atomic E-state index is -0.0933. The second kappa shape index (κ2) is 10.0. The molecule has 2 atom stereocenters. The Bertz CT molecular complexity index is 1680. The summed E-state index contributed by atoms with van der Waals surface area (Å²) in [7, 11) is 3.36. The first-order valence-electron chi connectivity index (χ1n) is 13.2. The van der Waals surface area contributed by atoms with Gasteiger partial charge in [0.05, 0.1) is 14.2 Å². The monoisotopic (exact) mass is 529 g/mol. The van der Waals surface area contributed by atoms with Gasteiger partial charge >= 0.3 is 0 Å². The normalized spacial score (nSPS) is 18.2. The molecule has 7 rings (SSSR count). The van der Waals surface area contributed by atoms with Crippen LogP contribution in [-0.2, 0) is 9.47 Å². The molecule has 198 valence electrons. The average molecular weight is 530 g/mol. The van der Waals surface area contributed by atoms with Crippen LogP contribution in [-0.4, -0.2) is 44.2 Å². The van der Waals surface area contributed by atoms with Gasteiger partial charge in [0.2, 0.25) is 11.8 Å². The van der Waals surface area contributed by atoms with Crippen LogP contribution in [0, 0.1) is 0 Å². The molecule has 40 heavy (non-hydrogen) atoms. The maximum atomic E-state index is 6.00. The van der Waals surface area contributed by atoms with Gasteiger partial charge in [-0.2, -0.15) is 0 Å². The predicted octanol–water partition coefficient (Wildman–Crippen LogP) is 6.44. The lowest BCUT2D eigenvalue weighted by Crippen LogP contribution is -2.09. The molecule has 0 saturated heterocycles. The number of methoxy groups -OCH3 is 2. The first-order valence-corrected chi connectivity index (χ1v) is 13.2. The van der Waals surface area contributed by atoms with Gasteiger partial charge < -0.3 is 18.9 Å². The number of aliphatic imine (C=N–C) groups is 2. The zero-order valence-electron chi connectivity index (χ0n) is 22.2. The van der Waals surface area contributed by atoms with Gasteiger partial charge in [-0.05, 0) is 81.2 Å². The summed E-state index contributed by atoms with van der Waals surface area (Å²) < 4.78 is 22.7. The molecular formula is C33H27N3O4. The maximum Gasteiger partial charge on any atom is 0.236 e. The number of aromatic nitrogens is 1. The number of hydrogen-bond acceptors (Lipinski definition) is 7. The van der Waals surface area contributed by atoms with Crippen molar-refractivity contribution in [3.05, 3.63) is 114 Å². The molecule has 0 amide bonds. The Hall–Kier alpha value is -4.91. The van der Waals surface area contributed by atoms with Crippen molar-refractivity contribution in [3.63, 3.8) is 0 Å². The summed E-state index contributed by atoms with van der Waals surface area (Å²) in [5, 5.41) is 4.53. The van der Waals surface area contributed by atoms with Crippen LogP contribution in [0.2, 0.25) is 0 Å². The van der Waals surface area contributed by atoms with E-state index in [0.717, 1.165) is 44.2 Å². The van der Waals surface area contributed by atoms with Crippen LogP contribution in [0.3, 0.4) is 0 Å². The fourth-order valence-electron chi connectivity index (χ4n) is 5.20. The van der Waals surface area contributed by atoms with Crippen molar-refractivity contribution in [1.29, 1.82) is 0 Å². The summed E-state index contributed by atoms with van der Waals surface area (Å²) in [6.07, 6.45) is 0. The molecule has 0 saturated carbocycles. The van der Waals surface area contributed by atoms with Gasteiger partial charge in [0.15, 0.2) is 0 Å². The Balaban J connectivity index is 1.11. The summed E-state index contributed by atoms with van der Waals surface area (Å²) in [6.45, 7) is 0.937. The van der Waals surface area contributed by atoms with E-state index in [-0.39, 0.29) is 12.1 Å². The number of rotatable bonds is 6. The van der Waals surface area contributed by atoms with E-state index in [1.54, 1.807) is 14.2 Å². The largest absolute Gasteiger partial charge is 0.497 e. The van der Waals surface area contributed by atoms with Crippen molar-refractivity contribution < 1.29 is 18.9 Å². The quantitative estimate of drug-likeness (QED) is 0.253. The Morgan fingerprint density at radius 3 is 1.50 bits per heavy atom. The predicted molar refractivity (Wildman–Crippen MR) is 156 cm³/mol. The fourth-order valence-corrected chi connectivity index (χ4v) is 5.20. The lowest BCUT2D eigenvalue weighted by Gasteiger charge is -2.08. The zero-order chi connectivity index (χ0) is 27.1. The SMILES string of the molecule is COc1ccc2cc([C@H]3COC(c4cccc(C5=N[C@@H](c6ccc7cc(OC)ccc7c6)CO5)n4)=N3)ccc2c1. The average Bonchev–Trinajstić information content (AvgIpc) is 3.71. The van der Waals surface area contributed by atoms with E-state index < -0.39 is 0 Å². The molecule has 2 aliphatic heterocycles. The molecule has 0 aliphatic carbocycles. The first kappa shape index (κ1) is 24.2. The van der Waals surface area contributed by atoms with E-state index >= 15 is 0 Å². The van der Waals surface area contributed by atoms with Gasteiger partial charge in [0.25, 0.3) is 0 Å². The number of benzene rings is 4. The fraction of sp³-hybridized carbons (Fsp3) is 0.182. The van der Waals surface area contributed by atoms with Crippen LogP contribution < -0.4 is 9.47 Å². The van der Waals surface area contributed by atoms with Gasteiger partial charge in [-0.15, -0.1) is 0 Å². The second-order valence-corrected chi connectivity index (χ2v) is 9.88. The van der Waals surface area contributed by atoms with Gasteiger partial charge in [-0.25, -0.2) is 15.0 Å². The zero-order valence-corrected chi connectivity index (χ0v) is 22.2.